The first-order valence-corrected chi connectivity index (χ1v) is 7.15. The van der Waals surface area contributed by atoms with Crippen molar-refractivity contribution in [2.75, 3.05) is 7.11 Å². The van der Waals surface area contributed by atoms with Gasteiger partial charge in [-0.3, -0.25) is 10.2 Å². The van der Waals surface area contributed by atoms with Gasteiger partial charge in [0, 0.05) is 5.41 Å². The minimum absolute atomic E-state index is 0.0288. The summed E-state index contributed by atoms with van der Waals surface area (Å²) in [5, 5.41) is 21.7. The van der Waals surface area contributed by atoms with Crippen LogP contribution >= 0.6 is 0 Å². The van der Waals surface area contributed by atoms with E-state index in [0.29, 0.717) is 22.9 Å². The number of carbonyl (C=O) groups is 1. The van der Waals surface area contributed by atoms with Gasteiger partial charge in [0.2, 0.25) is 0 Å². The van der Waals surface area contributed by atoms with Crippen LogP contribution < -0.4 is 10.2 Å². The number of nitrogens with zero attached hydrogens (tertiary/aromatic N) is 3. The van der Waals surface area contributed by atoms with Crippen molar-refractivity contribution in [2.24, 2.45) is 20.7 Å². The highest BCUT2D eigenvalue weighted by Crippen LogP contribution is 2.25. The topological polar surface area (TPSA) is 95.6 Å². The van der Waals surface area contributed by atoms with Crippen molar-refractivity contribution in [3.8, 4) is 11.5 Å². The van der Waals surface area contributed by atoms with Crippen LogP contribution in [0, 0.1) is 5.41 Å². The first-order valence-electron chi connectivity index (χ1n) is 7.15. The number of ether oxygens (including phenoxy) is 1. The molecule has 7 heteroatoms. The van der Waals surface area contributed by atoms with E-state index in [4.69, 9.17) is 4.74 Å². The number of rotatable bonds is 3. The summed E-state index contributed by atoms with van der Waals surface area (Å²) in [7, 11) is 1.48. The monoisotopic (exact) mass is 316 g/mol. The van der Waals surface area contributed by atoms with Crippen LogP contribution in [0.5, 0.6) is 11.5 Å². The van der Waals surface area contributed by atoms with E-state index >= 15 is 0 Å². The quantitative estimate of drug-likeness (QED) is 0.659. The van der Waals surface area contributed by atoms with Gasteiger partial charge in [-0.2, -0.15) is 5.10 Å². The molecule has 1 aliphatic heterocycles. The Balaban J connectivity index is 2.04. The first-order chi connectivity index (χ1) is 10.8. The fourth-order valence-electron chi connectivity index (χ4n) is 2.04. The minimum atomic E-state index is -0.323. The van der Waals surface area contributed by atoms with Crippen LogP contribution in [0.1, 0.15) is 32.8 Å². The molecule has 2 rings (SSSR count). The first kappa shape index (κ1) is 16.7. The van der Waals surface area contributed by atoms with E-state index in [1.54, 1.807) is 12.1 Å². The highest BCUT2D eigenvalue weighted by molar-refractivity contribution is 6.45. The standard InChI is InChI=1S/C16H20N4O3/c1-16(2,3)15-12(22)8-14(19-20-15)18-17-9-10-5-6-13(23-4)11(21)7-10/h5-7,9,21H,8H2,1-4H3,(H,18,19)/b17-9+. The summed E-state index contributed by atoms with van der Waals surface area (Å²) >= 11 is 0. The molecule has 0 saturated carbocycles. The molecule has 7 nitrogen and oxygen atoms in total. The van der Waals surface area contributed by atoms with Gasteiger partial charge in [-0.1, -0.05) is 20.8 Å². The zero-order chi connectivity index (χ0) is 17.0. The van der Waals surface area contributed by atoms with Gasteiger partial charge in [-0.05, 0) is 23.8 Å². The third-order valence-electron chi connectivity index (χ3n) is 3.18. The maximum absolute atomic E-state index is 12.0. The van der Waals surface area contributed by atoms with Crippen LogP contribution in [0.4, 0.5) is 0 Å². The molecule has 0 fully saturated rings. The van der Waals surface area contributed by atoms with Crippen molar-refractivity contribution in [1.29, 1.82) is 0 Å². The number of Topliss-reactive ketones (excluding diaryl/α,β-unsaturated/α-hetero) is 1. The van der Waals surface area contributed by atoms with Gasteiger partial charge in [-0.25, -0.2) is 0 Å². The average molecular weight is 316 g/mol. The lowest BCUT2D eigenvalue weighted by atomic mass is 9.86. The number of amidine groups is 1. The number of hydrogen-bond acceptors (Lipinski definition) is 7. The second-order valence-corrected chi connectivity index (χ2v) is 6.15. The predicted molar refractivity (Wildman–Crippen MR) is 89.3 cm³/mol. The molecule has 0 aliphatic carbocycles. The van der Waals surface area contributed by atoms with Crippen molar-refractivity contribution in [1.82, 2.24) is 5.43 Å². The largest absolute Gasteiger partial charge is 0.504 e. The molecule has 0 atom stereocenters. The summed E-state index contributed by atoms with van der Waals surface area (Å²) in [6.45, 7) is 5.77. The van der Waals surface area contributed by atoms with Gasteiger partial charge in [0.25, 0.3) is 0 Å². The van der Waals surface area contributed by atoms with Crippen LogP contribution in [0.25, 0.3) is 0 Å². The van der Waals surface area contributed by atoms with Crippen LogP contribution in [-0.2, 0) is 4.79 Å². The smallest absolute Gasteiger partial charge is 0.187 e. The molecule has 0 bridgehead atoms. The van der Waals surface area contributed by atoms with Gasteiger partial charge in [-0.15, -0.1) is 10.2 Å². The number of methoxy groups -OCH3 is 1. The van der Waals surface area contributed by atoms with Crippen molar-refractivity contribution < 1.29 is 14.6 Å². The normalized spacial score (nSPS) is 15.4. The summed E-state index contributed by atoms with van der Waals surface area (Å²) in [4.78, 5) is 12.0. The van der Waals surface area contributed by atoms with E-state index < -0.39 is 0 Å². The van der Waals surface area contributed by atoms with Crippen LogP contribution in [0.2, 0.25) is 0 Å². The Morgan fingerprint density at radius 3 is 2.65 bits per heavy atom. The highest BCUT2D eigenvalue weighted by atomic mass is 16.5. The lowest BCUT2D eigenvalue weighted by molar-refractivity contribution is -0.112. The Morgan fingerprint density at radius 2 is 2.09 bits per heavy atom. The molecule has 0 aromatic heterocycles. The number of phenolic OH excluding ortho intramolecular Hbond substituents is 1. The van der Waals surface area contributed by atoms with Crippen molar-refractivity contribution in [2.45, 2.75) is 27.2 Å². The summed E-state index contributed by atoms with van der Waals surface area (Å²) in [5.41, 5.74) is 3.52. The number of aromatic hydroxyl groups is 1. The molecule has 0 radical (unpaired) electrons. The molecule has 2 N–H and O–H groups in total. The Bertz CT molecular complexity index is 700. The third-order valence-corrected chi connectivity index (χ3v) is 3.18. The zero-order valence-electron chi connectivity index (χ0n) is 13.6. The average Bonchev–Trinajstić information content (AvgIpc) is 2.46. The zero-order valence-corrected chi connectivity index (χ0v) is 13.6. The van der Waals surface area contributed by atoms with E-state index in [2.05, 4.69) is 20.7 Å². The Kier molecular flexibility index (Phi) is 4.78. The number of nitrogens with one attached hydrogen (secondary N) is 1. The number of hydrazone groups is 1. The molecule has 0 amide bonds. The molecule has 1 aromatic rings. The molecule has 0 saturated heterocycles. The fraction of sp³-hybridized carbons (Fsp3) is 0.375. The minimum Gasteiger partial charge on any atom is -0.504 e. The number of ketones is 1. The lowest BCUT2D eigenvalue weighted by Gasteiger charge is -2.21. The van der Waals surface area contributed by atoms with Gasteiger partial charge in [0.05, 0.1) is 19.7 Å². The molecule has 23 heavy (non-hydrogen) atoms. The van der Waals surface area contributed by atoms with Crippen LogP contribution in [-0.4, -0.2) is 35.8 Å². The lowest BCUT2D eigenvalue weighted by Crippen LogP contribution is -2.35. The molecular formula is C16H20N4O3. The Hall–Kier alpha value is -2.70. The highest BCUT2D eigenvalue weighted by Gasteiger charge is 2.29. The maximum atomic E-state index is 12.0. The second kappa shape index (κ2) is 6.60. The summed E-state index contributed by atoms with van der Waals surface area (Å²) in [5.74, 6) is 0.742. The van der Waals surface area contributed by atoms with E-state index in [1.165, 1.54) is 19.4 Å². The van der Waals surface area contributed by atoms with Crippen LogP contribution in [0.3, 0.4) is 0 Å². The molecule has 1 aromatic carbocycles. The number of benzene rings is 1. The Labute approximate surface area is 134 Å². The summed E-state index contributed by atoms with van der Waals surface area (Å²) in [6, 6.07) is 4.90. The molecule has 122 valence electrons. The van der Waals surface area contributed by atoms with Crippen molar-refractivity contribution in [3.05, 3.63) is 23.8 Å². The van der Waals surface area contributed by atoms with Crippen molar-refractivity contribution >= 4 is 23.5 Å². The number of phenols is 1. The maximum Gasteiger partial charge on any atom is 0.187 e. The van der Waals surface area contributed by atoms with Gasteiger partial charge < -0.3 is 9.84 Å². The Morgan fingerprint density at radius 1 is 1.35 bits per heavy atom. The number of hydrogen-bond donors (Lipinski definition) is 2. The molecule has 1 heterocycles. The van der Waals surface area contributed by atoms with Crippen LogP contribution in [0.15, 0.2) is 33.5 Å². The number of carbonyl (C=O) groups excluding carboxylic acids is 1. The molecule has 0 unspecified atom stereocenters. The summed E-state index contributed by atoms with van der Waals surface area (Å²) in [6.07, 6.45) is 1.65. The van der Waals surface area contributed by atoms with Gasteiger partial charge in [0.15, 0.2) is 23.1 Å². The van der Waals surface area contributed by atoms with E-state index in [1.807, 2.05) is 20.8 Å². The van der Waals surface area contributed by atoms with E-state index in [-0.39, 0.29) is 23.4 Å². The fourth-order valence-corrected chi connectivity index (χ4v) is 2.04. The van der Waals surface area contributed by atoms with E-state index in [0.717, 1.165) is 0 Å². The second-order valence-electron chi connectivity index (χ2n) is 6.15. The van der Waals surface area contributed by atoms with Gasteiger partial charge >= 0.3 is 0 Å². The molecular weight excluding hydrogens is 296 g/mol. The van der Waals surface area contributed by atoms with Gasteiger partial charge in [0.1, 0.15) is 5.71 Å². The van der Waals surface area contributed by atoms with Crippen molar-refractivity contribution in [3.63, 3.8) is 0 Å². The SMILES string of the molecule is COc1ccc(/C=N/NC2=NN=C(C(C)(C)C)C(=O)C2)cc1O. The van der Waals surface area contributed by atoms with E-state index in [9.17, 15) is 9.90 Å². The predicted octanol–water partition coefficient (Wildman–Crippen LogP) is 2.10. The third kappa shape index (κ3) is 4.15. The molecule has 0 spiro atoms. The molecule has 1 aliphatic rings. The summed E-state index contributed by atoms with van der Waals surface area (Å²) < 4.78 is 4.97.